The second kappa shape index (κ2) is 9.78. The highest BCUT2D eigenvalue weighted by atomic mass is 32.1. The van der Waals surface area contributed by atoms with E-state index in [0.717, 1.165) is 5.69 Å². The number of hydrogen-bond acceptors (Lipinski definition) is 7. The van der Waals surface area contributed by atoms with Gasteiger partial charge in [-0.2, -0.15) is 0 Å². The minimum atomic E-state index is -0.431. The van der Waals surface area contributed by atoms with Crippen LogP contribution in [0.4, 0.5) is 5.69 Å². The third-order valence-electron chi connectivity index (χ3n) is 5.49. The molecule has 0 amide bonds. The quantitative estimate of drug-likeness (QED) is 0.226. The zero-order valence-electron chi connectivity index (χ0n) is 17.8. The molecular weight excluding hydrogens is 444 g/mol. The number of nitro groups is 1. The van der Waals surface area contributed by atoms with E-state index in [4.69, 9.17) is 21.4 Å². The minimum absolute atomic E-state index is 0.0327. The average Bonchev–Trinajstić information content (AvgIpc) is 3.44. The normalized spacial score (nSPS) is 17.6. The lowest BCUT2D eigenvalue weighted by Gasteiger charge is -2.25. The Labute approximate surface area is 195 Å². The maximum atomic E-state index is 11.6. The topological polar surface area (TPSA) is 111 Å². The maximum absolute atomic E-state index is 11.6. The number of furan rings is 1. The van der Waals surface area contributed by atoms with Crippen LogP contribution in [-0.2, 0) is 9.53 Å². The molecule has 2 atom stereocenters. The van der Waals surface area contributed by atoms with Crippen LogP contribution < -0.4 is 5.32 Å². The van der Waals surface area contributed by atoms with Crippen molar-refractivity contribution < 1.29 is 18.9 Å². The van der Waals surface area contributed by atoms with E-state index in [1.165, 1.54) is 13.2 Å². The van der Waals surface area contributed by atoms with Gasteiger partial charge >= 0.3 is 5.97 Å². The lowest BCUT2D eigenvalue weighted by atomic mass is 10.0. The van der Waals surface area contributed by atoms with Gasteiger partial charge in [-0.15, -0.1) is 0 Å². The largest absolute Gasteiger partial charge is 0.469 e. The molecule has 33 heavy (non-hydrogen) atoms. The first-order valence-corrected chi connectivity index (χ1v) is 10.8. The van der Waals surface area contributed by atoms with Crippen molar-refractivity contribution in [2.75, 3.05) is 13.7 Å². The SMILES string of the molecule is COC(=O)CCCN1C(=S)N[C@@H](c2ccccn2)[C@H]1c1ccc(-c2ccccc2[N+](=O)[O-])o1. The monoisotopic (exact) mass is 466 g/mol. The van der Waals surface area contributed by atoms with Gasteiger partial charge in [0.05, 0.1) is 29.3 Å². The Morgan fingerprint density at radius 2 is 2.03 bits per heavy atom. The number of hydrogen-bond donors (Lipinski definition) is 1. The first-order chi connectivity index (χ1) is 16.0. The van der Waals surface area contributed by atoms with Crippen LogP contribution in [0.3, 0.4) is 0 Å². The fourth-order valence-corrected chi connectivity index (χ4v) is 4.28. The summed E-state index contributed by atoms with van der Waals surface area (Å²) in [5.41, 5.74) is 1.15. The van der Waals surface area contributed by atoms with Crippen molar-refractivity contribution in [1.29, 1.82) is 0 Å². The van der Waals surface area contributed by atoms with Crippen LogP contribution in [0, 0.1) is 10.1 Å². The van der Waals surface area contributed by atoms with Crippen LogP contribution in [0.25, 0.3) is 11.3 Å². The van der Waals surface area contributed by atoms with Crippen molar-refractivity contribution >= 4 is 29.0 Å². The molecule has 0 saturated carbocycles. The van der Waals surface area contributed by atoms with Gasteiger partial charge in [0.15, 0.2) is 5.11 Å². The number of carbonyl (C=O) groups excluding carboxylic acids is 1. The summed E-state index contributed by atoms with van der Waals surface area (Å²) in [6.45, 7) is 0.496. The summed E-state index contributed by atoms with van der Waals surface area (Å²) < 4.78 is 10.9. The summed E-state index contributed by atoms with van der Waals surface area (Å²) in [5, 5.41) is 15.3. The molecule has 10 heteroatoms. The van der Waals surface area contributed by atoms with Crippen LogP contribution in [-0.4, -0.2) is 39.5 Å². The first kappa shape index (κ1) is 22.4. The minimum Gasteiger partial charge on any atom is -0.469 e. The van der Waals surface area contributed by atoms with Crippen molar-refractivity contribution in [3.8, 4) is 11.3 Å². The molecule has 1 saturated heterocycles. The molecule has 0 unspecified atom stereocenters. The van der Waals surface area contributed by atoms with E-state index in [9.17, 15) is 14.9 Å². The maximum Gasteiger partial charge on any atom is 0.305 e. The summed E-state index contributed by atoms with van der Waals surface area (Å²) in [6, 6.07) is 15.0. The number of nitro benzene ring substituents is 1. The van der Waals surface area contributed by atoms with Crippen LogP contribution in [0.1, 0.15) is 36.4 Å². The molecular formula is C23H22N4O5S. The van der Waals surface area contributed by atoms with E-state index in [1.54, 1.807) is 36.5 Å². The van der Waals surface area contributed by atoms with Crippen molar-refractivity contribution in [3.63, 3.8) is 0 Å². The summed E-state index contributed by atoms with van der Waals surface area (Å²) in [5.74, 6) is 0.691. The molecule has 1 aromatic carbocycles. The van der Waals surface area contributed by atoms with Gasteiger partial charge in [-0.05, 0) is 49.0 Å². The highest BCUT2D eigenvalue weighted by molar-refractivity contribution is 7.80. The van der Waals surface area contributed by atoms with Gasteiger partial charge in [-0.25, -0.2) is 0 Å². The van der Waals surface area contributed by atoms with E-state index in [1.807, 2.05) is 23.1 Å². The predicted molar refractivity (Wildman–Crippen MR) is 124 cm³/mol. The third kappa shape index (κ3) is 4.70. The Kier molecular flexibility index (Phi) is 6.64. The molecule has 3 heterocycles. The molecule has 9 nitrogen and oxygen atoms in total. The number of ether oxygens (including phenoxy) is 1. The molecule has 0 radical (unpaired) electrons. The van der Waals surface area contributed by atoms with Gasteiger partial charge in [0.1, 0.15) is 17.6 Å². The first-order valence-electron chi connectivity index (χ1n) is 10.4. The van der Waals surface area contributed by atoms with Gasteiger partial charge < -0.3 is 19.4 Å². The molecule has 3 aromatic rings. The van der Waals surface area contributed by atoms with E-state index in [2.05, 4.69) is 10.3 Å². The molecule has 0 aliphatic carbocycles. The number of methoxy groups -OCH3 is 1. The van der Waals surface area contributed by atoms with Gasteiger partial charge in [-0.3, -0.25) is 19.9 Å². The van der Waals surface area contributed by atoms with Crippen molar-refractivity contribution in [2.45, 2.75) is 24.9 Å². The molecule has 0 spiro atoms. The van der Waals surface area contributed by atoms with Gasteiger partial charge in [0.25, 0.3) is 5.69 Å². The Bertz CT molecular complexity index is 1170. The van der Waals surface area contributed by atoms with Gasteiger partial charge in [0, 0.05) is 25.2 Å². The zero-order valence-corrected chi connectivity index (χ0v) is 18.7. The number of pyridine rings is 1. The highest BCUT2D eigenvalue weighted by Gasteiger charge is 2.41. The lowest BCUT2D eigenvalue weighted by Crippen LogP contribution is -2.30. The molecule has 170 valence electrons. The lowest BCUT2D eigenvalue weighted by molar-refractivity contribution is -0.384. The standard InChI is InChI=1S/C23H22N4O5S/c1-31-20(28)10-6-14-26-22(21(25-23(26)33)16-8-4-5-13-24-16)19-12-11-18(32-19)15-7-2-3-9-17(15)27(29)30/h2-5,7-9,11-13,21-22H,6,10,14H2,1H3,(H,25,33)/t21-,22+/m0/s1. The van der Waals surface area contributed by atoms with Crippen LogP contribution in [0.2, 0.25) is 0 Å². The Hall–Kier alpha value is -3.79. The third-order valence-corrected chi connectivity index (χ3v) is 5.84. The molecule has 1 fully saturated rings. The number of thiocarbonyl (C=S) groups is 1. The molecule has 2 aromatic heterocycles. The number of aromatic nitrogens is 1. The molecule has 1 aliphatic rings. The molecule has 4 rings (SSSR count). The highest BCUT2D eigenvalue weighted by Crippen LogP contribution is 2.41. The zero-order chi connectivity index (χ0) is 23.4. The Morgan fingerprint density at radius 1 is 1.24 bits per heavy atom. The summed E-state index contributed by atoms with van der Waals surface area (Å²) in [4.78, 5) is 29.1. The number of nitrogens with zero attached hydrogens (tertiary/aromatic N) is 3. The smallest absolute Gasteiger partial charge is 0.305 e. The second-order valence-corrected chi connectivity index (χ2v) is 7.86. The van der Waals surface area contributed by atoms with E-state index in [0.29, 0.717) is 35.2 Å². The van der Waals surface area contributed by atoms with E-state index < -0.39 is 4.92 Å². The number of rotatable bonds is 8. The van der Waals surface area contributed by atoms with Crippen LogP contribution in [0.15, 0.2) is 65.2 Å². The molecule has 1 N–H and O–H groups in total. The van der Waals surface area contributed by atoms with Crippen molar-refractivity contribution in [2.24, 2.45) is 0 Å². The second-order valence-electron chi connectivity index (χ2n) is 7.48. The average molecular weight is 467 g/mol. The van der Waals surface area contributed by atoms with Gasteiger partial charge in [-0.1, -0.05) is 18.2 Å². The molecule has 0 bridgehead atoms. The van der Waals surface area contributed by atoms with E-state index >= 15 is 0 Å². The van der Waals surface area contributed by atoms with Crippen LogP contribution in [0.5, 0.6) is 0 Å². The van der Waals surface area contributed by atoms with Crippen LogP contribution >= 0.6 is 12.2 Å². The fraction of sp³-hybridized carbons (Fsp3) is 0.261. The predicted octanol–water partition coefficient (Wildman–Crippen LogP) is 4.18. The molecule has 1 aliphatic heterocycles. The van der Waals surface area contributed by atoms with E-state index in [-0.39, 0.29) is 30.2 Å². The van der Waals surface area contributed by atoms with Crippen molar-refractivity contribution in [3.05, 3.63) is 82.4 Å². The summed E-state index contributed by atoms with van der Waals surface area (Å²) in [7, 11) is 1.36. The Morgan fingerprint density at radius 3 is 2.76 bits per heavy atom. The number of para-hydroxylation sites is 1. The Balaban J connectivity index is 1.68. The number of carbonyl (C=O) groups is 1. The summed E-state index contributed by atoms with van der Waals surface area (Å²) >= 11 is 5.60. The number of benzene rings is 1. The van der Waals surface area contributed by atoms with Gasteiger partial charge in [0.2, 0.25) is 0 Å². The fourth-order valence-electron chi connectivity index (χ4n) is 3.95. The van der Waals surface area contributed by atoms with Crippen molar-refractivity contribution in [1.82, 2.24) is 15.2 Å². The number of esters is 1. The summed E-state index contributed by atoms with van der Waals surface area (Å²) in [6.07, 6.45) is 2.51. The number of nitrogens with one attached hydrogen (secondary N) is 1.